The Kier molecular flexibility index (Phi) is 3.28. The van der Waals surface area contributed by atoms with Gasteiger partial charge in [-0.15, -0.1) is 0 Å². The molecular formula is C12H7FINO. The molecule has 0 aliphatic carbocycles. The molecule has 0 atom stereocenters. The van der Waals surface area contributed by atoms with Gasteiger partial charge in [-0.3, -0.25) is 9.78 Å². The molecule has 0 spiro atoms. The topological polar surface area (TPSA) is 30.0 Å². The first-order chi connectivity index (χ1) is 7.68. The standard InChI is InChI=1S/C12H7FINO/c13-10-6-8(3-4-11(10)14)12(16)9-2-1-5-15-7-9/h1-7H. The fraction of sp³-hybridized carbons (Fsp3) is 0. The number of aromatic nitrogens is 1. The first-order valence-electron chi connectivity index (χ1n) is 4.58. The molecule has 0 saturated heterocycles. The first kappa shape index (κ1) is 11.2. The minimum atomic E-state index is -0.379. The Bertz CT molecular complexity index is 528. The fourth-order valence-electron chi connectivity index (χ4n) is 1.30. The Labute approximate surface area is 106 Å². The third-order valence-corrected chi connectivity index (χ3v) is 2.98. The van der Waals surface area contributed by atoms with Gasteiger partial charge >= 0.3 is 0 Å². The van der Waals surface area contributed by atoms with Crippen LogP contribution in [0.3, 0.4) is 0 Å². The number of carbonyl (C=O) groups is 1. The largest absolute Gasteiger partial charge is 0.289 e. The van der Waals surface area contributed by atoms with Crippen molar-refractivity contribution in [2.24, 2.45) is 0 Å². The van der Waals surface area contributed by atoms with Crippen LogP contribution in [0, 0.1) is 9.39 Å². The molecule has 1 aromatic heterocycles. The maximum atomic E-state index is 13.3. The average Bonchev–Trinajstić information content (AvgIpc) is 2.33. The number of hydrogen-bond donors (Lipinski definition) is 0. The van der Waals surface area contributed by atoms with Crippen LogP contribution in [0.2, 0.25) is 0 Å². The molecule has 0 radical (unpaired) electrons. The summed E-state index contributed by atoms with van der Waals surface area (Å²) in [6, 6.07) is 7.78. The molecule has 0 amide bonds. The van der Waals surface area contributed by atoms with Gasteiger partial charge in [-0.2, -0.15) is 0 Å². The minimum Gasteiger partial charge on any atom is -0.289 e. The minimum absolute atomic E-state index is 0.219. The van der Waals surface area contributed by atoms with Gasteiger partial charge in [0.25, 0.3) is 0 Å². The molecule has 0 unspecified atom stereocenters. The summed E-state index contributed by atoms with van der Waals surface area (Å²) < 4.78 is 13.8. The van der Waals surface area contributed by atoms with E-state index in [1.54, 1.807) is 30.5 Å². The quantitative estimate of drug-likeness (QED) is 0.627. The van der Waals surface area contributed by atoms with Crippen molar-refractivity contribution in [2.75, 3.05) is 0 Å². The second kappa shape index (κ2) is 4.69. The van der Waals surface area contributed by atoms with E-state index < -0.39 is 0 Å². The maximum Gasteiger partial charge on any atom is 0.194 e. The molecule has 0 bridgehead atoms. The number of benzene rings is 1. The molecule has 0 saturated carbocycles. The molecule has 0 aliphatic heterocycles. The maximum absolute atomic E-state index is 13.3. The molecule has 16 heavy (non-hydrogen) atoms. The van der Waals surface area contributed by atoms with Crippen molar-refractivity contribution < 1.29 is 9.18 Å². The SMILES string of the molecule is O=C(c1cccnc1)c1ccc(I)c(F)c1. The van der Waals surface area contributed by atoms with Gasteiger partial charge < -0.3 is 0 Å². The molecule has 2 nitrogen and oxygen atoms in total. The van der Waals surface area contributed by atoms with Crippen LogP contribution >= 0.6 is 22.6 Å². The number of pyridine rings is 1. The lowest BCUT2D eigenvalue weighted by atomic mass is 10.1. The number of carbonyl (C=O) groups excluding carboxylic acids is 1. The smallest absolute Gasteiger partial charge is 0.194 e. The van der Waals surface area contributed by atoms with Crippen molar-refractivity contribution in [3.05, 3.63) is 63.2 Å². The van der Waals surface area contributed by atoms with Gasteiger partial charge in [0, 0.05) is 27.1 Å². The van der Waals surface area contributed by atoms with E-state index in [2.05, 4.69) is 4.98 Å². The van der Waals surface area contributed by atoms with E-state index in [0.717, 1.165) is 0 Å². The summed E-state index contributed by atoms with van der Waals surface area (Å²) >= 11 is 1.88. The zero-order valence-corrected chi connectivity index (χ0v) is 10.3. The lowest BCUT2D eigenvalue weighted by Gasteiger charge is -2.01. The Balaban J connectivity index is 2.39. The van der Waals surface area contributed by atoms with Gasteiger partial charge in [0.2, 0.25) is 0 Å². The highest BCUT2D eigenvalue weighted by Crippen LogP contribution is 2.15. The van der Waals surface area contributed by atoms with Crippen molar-refractivity contribution >= 4 is 28.4 Å². The van der Waals surface area contributed by atoms with Crippen molar-refractivity contribution in [3.63, 3.8) is 0 Å². The number of ketones is 1. The van der Waals surface area contributed by atoms with Crippen molar-refractivity contribution in [1.82, 2.24) is 4.98 Å². The third kappa shape index (κ3) is 2.27. The predicted molar refractivity (Wildman–Crippen MR) is 66.8 cm³/mol. The molecule has 1 aromatic carbocycles. The van der Waals surface area contributed by atoms with E-state index in [1.807, 2.05) is 22.6 Å². The highest BCUT2D eigenvalue weighted by molar-refractivity contribution is 14.1. The Morgan fingerprint density at radius 3 is 2.69 bits per heavy atom. The summed E-state index contributed by atoms with van der Waals surface area (Å²) in [4.78, 5) is 15.8. The summed E-state index contributed by atoms with van der Waals surface area (Å²) in [6.45, 7) is 0. The van der Waals surface area contributed by atoms with Gasteiger partial charge in [0.15, 0.2) is 5.78 Å². The van der Waals surface area contributed by atoms with Gasteiger partial charge in [-0.05, 0) is 52.9 Å². The van der Waals surface area contributed by atoms with E-state index in [1.165, 1.54) is 12.3 Å². The number of halogens is 2. The Morgan fingerprint density at radius 1 is 1.25 bits per heavy atom. The number of rotatable bonds is 2. The van der Waals surface area contributed by atoms with E-state index >= 15 is 0 Å². The van der Waals surface area contributed by atoms with E-state index in [9.17, 15) is 9.18 Å². The van der Waals surface area contributed by atoms with Gasteiger partial charge in [-0.25, -0.2) is 4.39 Å². The normalized spacial score (nSPS) is 10.1. The van der Waals surface area contributed by atoms with Crippen molar-refractivity contribution in [2.45, 2.75) is 0 Å². The molecule has 2 rings (SSSR count). The molecule has 0 N–H and O–H groups in total. The van der Waals surface area contributed by atoms with E-state index in [-0.39, 0.29) is 11.6 Å². The zero-order valence-electron chi connectivity index (χ0n) is 8.15. The highest BCUT2D eigenvalue weighted by Gasteiger charge is 2.10. The number of hydrogen-bond acceptors (Lipinski definition) is 2. The summed E-state index contributed by atoms with van der Waals surface area (Å²) in [5, 5.41) is 0. The second-order valence-electron chi connectivity index (χ2n) is 3.20. The van der Waals surface area contributed by atoms with Gasteiger partial charge in [0.1, 0.15) is 5.82 Å². The lowest BCUT2D eigenvalue weighted by molar-refractivity contribution is 0.103. The summed E-state index contributed by atoms with van der Waals surface area (Å²) in [6.07, 6.45) is 3.06. The van der Waals surface area contributed by atoms with Crippen molar-refractivity contribution in [1.29, 1.82) is 0 Å². The molecule has 4 heteroatoms. The van der Waals surface area contributed by atoms with Crippen LogP contribution < -0.4 is 0 Å². The van der Waals surface area contributed by atoms with E-state index in [4.69, 9.17) is 0 Å². The van der Waals surface area contributed by atoms with Crippen LogP contribution in [0.4, 0.5) is 4.39 Å². The van der Waals surface area contributed by atoms with Crippen LogP contribution in [0.1, 0.15) is 15.9 Å². The third-order valence-electron chi connectivity index (χ3n) is 2.11. The molecular weight excluding hydrogens is 320 g/mol. The fourth-order valence-corrected chi connectivity index (χ4v) is 1.64. The summed E-state index contributed by atoms with van der Waals surface area (Å²) in [5.41, 5.74) is 0.800. The number of nitrogens with zero attached hydrogens (tertiary/aromatic N) is 1. The average molecular weight is 327 g/mol. The Hall–Kier alpha value is -1.30. The second-order valence-corrected chi connectivity index (χ2v) is 4.36. The molecule has 0 fully saturated rings. The van der Waals surface area contributed by atoms with Crippen LogP contribution in [-0.2, 0) is 0 Å². The summed E-state index contributed by atoms with van der Waals surface area (Å²) in [7, 11) is 0. The lowest BCUT2D eigenvalue weighted by Crippen LogP contribution is -2.02. The monoisotopic (exact) mass is 327 g/mol. The van der Waals surface area contributed by atoms with Crippen LogP contribution in [0.25, 0.3) is 0 Å². The molecule has 80 valence electrons. The first-order valence-corrected chi connectivity index (χ1v) is 5.66. The Morgan fingerprint density at radius 2 is 2.06 bits per heavy atom. The molecule has 1 heterocycles. The molecule has 0 aliphatic rings. The zero-order chi connectivity index (χ0) is 11.5. The van der Waals surface area contributed by atoms with Crippen molar-refractivity contribution in [3.8, 4) is 0 Å². The van der Waals surface area contributed by atoms with Crippen LogP contribution in [-0.4, -0.2) is 10.8 Å². The van der Waals surface area contributed by atoms with Gasteiger partial charge in [0.05, 0.1) is 0 Å². The van der Waals surface area contributed by atoms with E-state index in [0.29, 0.717) is 14.7 Å². The van der Waals surface area contributed by atoms with Crippen LogP contribution in [0.15, 0.2) is 42.7 Å². The predicted octanol–water partition coefficient (Wildman–Crippen LogP) is 3.06. The van der Waals surface area contributed by atoms with Crippen LogP contribution in [0.5, 0.6) is 0 Å². The van der Waals surface area contributed by atoms with Gasteiger partial charge in [-0.1, -0.05) is 0 Å². The highest BCUT2D eigenvalue weighted by atomic mass is 127. The summed E-state index contributed by atoms with van der Waals surface area (Å²) in [5.74, 6) is -0.598. The molecule has 2 aromatic rings.